The molecule has 1 fully saturated rings. The Morgan fingerprint density at radius 3 is 2.82 bits per heavy atom. The van der Waals surface area contributed by atoms with E-state index in [0.717, 1.165) is 5.56 Å². The minimum absolute atomic E-state index is 0.0277. The van der Waals surface area contributed by atoms with E-state index in [9.17, 15) is 13.6 Å². The van der Waals surface area contributed by atoms with Crippen LogP contribution in [0.3, 0.4) is 0 Å². The third-order valence-electron chi connectivity index (χ3n) is 4.79. The summed E-state index contributed by atoms with van der Waals surface area (Å²) in [6.07, 6.45) is 0. The Morgan fingerprint density at radius 2 is 2.11 bits per heavy atom. The summed E-state index contributed by atoms with van der Waals surface area (Å²) in [5.74, 6) is -2.99. The maximum absolute atomic E-state index is 13.8. The molecule has 1 aliphatic heterocycles. The number of nitrogens with zero attached hydrogens (tertiary/aromatic N) is 2. The molecule has 146 valence electrons. The Hall–Kier alpha value is -3.00. The molecule has 0 bridgehead atoms. The summed E-state index contributed by atoms with van der Waals surface area (Å²) in [6.45, 7) is -0.0321. The van der Waals surface area contributed by atoms with Crippen LogP contribution < -0.4 is 15.4 Å². The van der Waals surface area contributed by atoms with Gasteiger partial charge in [0, 0.05) is 19.0 Å². The number of nitrogens with one attached hydrogen (secondary N) is 2. The first-order chi connectivity index (χ1) is 13.4. The van der Waals surface area contributed by atoms with Crippen LogP contribution in [0, 0.1) is 0 Å². The summed E-state index contributed by atoms with van der Waals surface area (Å²) in [5, 5.41) is 9.89. The van der Waals surface area contributed by atoms with Crippen molar-refractivity contribution in [1.29, 1.82) is 0 Å². The lowest BCUT2D eigenvalue weighted by molar-refractivity contribution is -0.00256. The number of aromatic nitrogens is 2. The number of aryl methyl sites for hydroxylation is 1. The topological polar surface area (TPSA) is 68.2 Å². The van der Waals surface area contributed by atoms with Crippen LogP contribution in [0.1, 0.15) is 16.1 Å². The molecule has 2 heterocycles. The van der Waals surface area contributed by atoms with Crippen LogP contribution in [0.5, 0.6) is 5.75 Å². The van der Waals surface area contributed by atoms with Gasteiger partial charge in [0.2, 0.25) is 0 Å². The highest BCUT2D eigenvalue weighted by Crippen LogP contribution is 2.26. The van der Waals surface area contributed by atoms with Crippen molar-refractivity contribution < 1.29 is 18.3 Å². The zero-order valence-corrected chi connectivity index (χ0v) is 15.3. The van der Waals surface area contributed by atoms with Gasteiger partial charge in [-0.1, -0.05) is 30.3 Å². The van der Waals surface area contributed by atoms with Crippen LogP contribution >= 0.6 is 0 Å². The second-order valence-electron chi connectivity index (χ2n) is 6.84. The summed E-state index contributed by atoms with van der Waals surface area (Å²) in [7, 11) is 1.62. The Bertz CT molecular complexity index is 1000. The van der Waals surface area contributed by atoms with E-state index in [-0.39, 0.29) is 12.2 Å². The highest BCUT2D eigenvalue weighted by molar-refractivity contribution is 6.05. The van der Waals surface area contributed by atoms with Crippen molar-refractivity contribution >= 4 is 16.8 Å². The molecule has 3 aromatic rings. The molecule has 1 amide bonds. The molecule has 6 nitrogen and oxygen atoms in total. The molecule has 1 saturated heterocycles. The van der Waals surface area contributed by atoms with E-state index in [1.165, 1.54) is 4.68 Å². The molecule has 1 unspecified atom stereocenters. The molecule has 28 heavy (non-hydrogen) atoms. The van der Waals surface area contributed by atoms with Crippen molar-refractivity contribution in [1.82, 2.24) is 20.4 Å². The van der Waals surface area contributed by atoms with Crippen LogP contribution in [-0.4, -0.2) is 40.7 Å². The number of fused-ring (bicyclic) bond motifs is 1. The van der Waals surface area contributed by atoms with Gasteiger partial charge in [-0.15, -0.1) is 0 Å². The number of halogens is 2. The van der Waals surface area contributed by atoms with Gasteiger partial charge in [-0.05, 0) is 23.8 Å². The number of hydrogen-bond acceptors (Lipinski definition) is 4. The Kier molecular flexibility index (Phi) is 4.72. The summed E-state index contributed by atoms with van der Waals surface area (Å²) >= 11 is 0. The van der Waals surface area contributed by atoms with Gasteiger partial charge in [-0.25, -0.2) is 8.78 Å². The van der Waals surface area contributed by atoms with Gasteiger partial charge in [0.15, 0.2) is 0 Å². The van der Waals surface area contributed by atoms with Gasteiger partial charge in [0.25, 0.3) is 11.8 Å². The smallest absolute Gasteiger partial charge is 0.281 e. The van der Waals surface area contributed by atoms with E-state index in [2.05, 4.69) is 15.7 Å². The molecule has 4 rings (SSSR count). The maximum atomic E-state index is 13.8. The third kappa shape index (κ3) is 3.55. The van der Waals surface area contributed by atoms with Crippen molar-refractivity contribution in [3.63, 3.8) is 0 Å². The Labute approximate surface area is 160 Å². The van der Waals surface area contributed by atoms with E-state index in [1.54, 1.807) is 25.2 Å². The third-order valence-corrected chi connectivity index (χ3v) is 4.79. The number of benzene rings is 2. The largest absolute Gasteiger partial charge is 0.489 e. The van der Waals surface area contributed by atoms with Crippen molar-refractivity contribution in [2.24, 2.45) is 7.05 Å². The zero-order valence-electron chi connectivity index (χ0n) is 15.3. The maximum Gasteiger partial charge on any atom is 0.281 e. The fraction of sp³-hybridized carbons (Fsp3) is 0.300. The predicted octanol–water partition coefficient (Wildman–Crippen LogP) is 2.49. The lowest BCUT2D eigenvalue weighted by atomic mass is 10.1. The summed E-state index contributed by atoms with van der Waals surface area (Å²) in [4.78, 5) is 12.7. The average molecular weight is 386 g/mol. The fourth-order valence-corrected chi connectivity index (χ4v) is 3.32. The zero-order chi connectivity index (χ0) is 19.7. The second kappa shape index (κ2) is 7.20. The highest BCUT2D eigenvalue weighted by Gasteiger charge is 2.45. The van der Waals surface area contributed by atoms with Crippen LogP contribution in [0.15, 0.2) is 48.5 Å². The molecule has 0 aliphatic carbocycles. The number of hydrogen-bond donors (Lipinski definition) is 2. The van der Waals surface area contributed by atoms with Crippen LogP contribution in [0.2, 0.25) is 0 Å². The minimum atomic E-state index is -2.98. The van der Waals surface area contributed by atoms with Crippen LogP contribution in [0.25, 0.3) is 10.9 Å². The molecule has 1 aromatic heterocycles. The van der Waals surface area contributed by atoms with E-state index >= 15 is 0 Å². The summed E-state index contributed by atoms with van der Waals surface area (Å²) in [6, 6.07) is 13.7. The molecular weight excluding hydrogens is 366 g/mol. The van der Waals surface area contributed by atoms with E-state index in [1.807, 2.05) is 30.3 Å². The van der Waals surface area contributed by atoms with E-state index < -0.39 is 24.4 Å². The summed E-state index contributed by atoms with van der Waals surface area (Å²) < 4.78 is 34.9. The molecule has 0 saturated carbocycles. The van der Waals surface area contributed by atoms with E-state index in [4.69, 9.17) is 4.74 Å². The number of carbonyl (C=O) groups is 1. The van der Waals surface area contributed by atoms with Gasteiger partial charge in [-0.3, -0.25) is 9.48 Å². The predicted molar refractivity (Wildman–Crippen MR) is 101 cm³/mol. The van der Waals surface area contributed by atoms with Gasteiger partial charge in [0.05, 0.1) is 12.1 Å². The Morgan fingerprint density at radius 1 is 1.32 bits per heavy atom. The van der Waals surface area contributed by atoms with E-state index in [0.29, 0.717) is 23.3 Å². The van der Waals surface area contributed by atoms with Gasteiger partial charge in [-0.2, -0.15) is 5.10 Å². The van der Waals surface area contributed by atoms with Gasteiger partial charge in [0.1, 0.15) is 24.1 Å². The lowest BCUT2D eigenvalue weighted by Gasteiger charge is -2.19. The quantitative estimate of drug-likeness (QED) is 0.707. The first-order valence-electron chi connectivity index (χ1n) is 8.97. The number of carbonyl (C=O) groups excluding carboxylic acids is 1. The minimum Gasteiger partial charge on any atom is -0.489 e. The molecule has 8 heteroatoms. The van der Waals surface area contributed by atoms with Crippen molar-refractivity contribution in [2.75, 3.05) is 13.1 Å². The van der Waals surface area contributed by atoms with Crippen molar-refractivity contribution in [3.05, 3.63) is 59.8 Å². The molecule has 0 radical (unpaired) electrons. The van der Waals surface area contributed by atoms with Gasteiger partial charge < -0.3 is 15.4 Å². The molecule has 0 spiro atoms. The van der Waals surface area contributed by atoms with Crippen LogP contribution in [-0.2, 0) is 13.7 Å². The number of rotatable bonds is 5. The molecular formula is C20H20F2N4O2. The second-order valence-corrected chi connectivity index (χ2v) is 6.84. The number of ether oxygens (including phenoxy) is 1. The molecule has 1 aliphatic rings. The summed E-state index contributed by atoms with van der Waals surface area (Å²) in [5.41, 5.74) is 1.83. The SMILES string of the molecule is Cn1nc2ccc(OCc3ccccc3)cc2c1C(=O)NC1CNCC1(F)F. The van der Waals surface area contributed by atoms with Crippen LogP contribution in [0.4, 0.5) is 8.78 Å². The molecule has 2 N–H and O–H groups in total. The molecule has 2 aromatic carbocycles. The first kappa shape index (κ1) is 18.4. The monoisotopic (exact) mass is 386 g/mol. The van der Waals surface area contributed by atoms with Gasteiger partial charge >= 0.3 is 0 Å². The standard InChI is InChI=1S/C20H20F2N4O2/c1-26-18(19(27)24-17-10-23-12-20(17,21)22)15-9-14(7-8-16(15)25-26)28-11-13-5-3-2-4-6-13/h2-9,17,23H,10-12H2,1H3,(H,24,27). The normalized spacial score (nSPS) is 18.3. The fourth-order valence-electron chi connectivity index (χ4n) is 3.32. The number of amides is 1. The lowest BCUT2D eigenvalue weighted by Crippen LogP contribution is -2.47. The van der Waals surface area contributed by atoms with Crippen molar-refractivity contribution in [3.8, 4) is 5.75 Å². The first-order valence-corrected chi connectivity index (χ1v) is 8.97. The Balaban J connectivity index is 1.57. The number of alkyl halides is 2. The average Bonchev–Trinajstić information content (AvgIpc) is 3.18. The highest BCUT2D eigenvalue weighted by atomic mass is 19.3. The molecule has 1 atom stereocenters. The van der Waals surface area contributed by atoms with Crippen molar-refractivity contribution in [2.45, 2.75) is 18.6 Å².